The summed E-state index contributed by atoms with van der Waals surface area (Å²) >= 11 is 0. The van der Waals surface area contributed by atoms with Crippen molar-refractivity contribution < 1.29 is 4.39 Å². The Morgan fingerprint density at radius 3 is 2.67 bits per heavy atom. The summed E-state index contributed by atoms with van der Waals surface area (Å²) in [7, 11) is 1.89. The maximum Gasteiger partial charge on any atom is 0.146 e. The van der Waals surface area contributed by atoms with Crippen LogP contribution in [0.2, 0.25) is 0 Å². The van der Waals surface area contributed by atoms with Crippen molar-refractivity contribution in [2.24, 2.45) is 0 Å². The average Bonchev–Trinajstić information content (AvgIpc) is 2.46. The lowest BCUT2D eigenvalue weighted by atomic mass is 10.1. The molecule has 0 saturated carbocycles. The Labute approximate surface area is 125 Å². The number of aromatic nitrogens is 1. The molecule has 0 atom stereocenters. The quantitative estimate of drug-likeness (QED) is 0.883. The van der Waals surface area contributed by atoms with Crippen molar-refractivity contribution in [2.45, 2.75) is 33.0 Å². The van der Waals surface area contributed by atoms with Gasteiger partial charge in [0.15, 0.2) is 0 Å². The Hall–Kier alpha value is -1.94. The fourth-order valence-corrected chi connectivity index (χ4v) is 2.26. The van der Waals surface area contributed by atoms with Gasteiger partial charge in [-0.15, -0.1) is 0 Å². The third kappa shape index (κ3) is 4.26. The van der Waals surface area contributed by atoms with Gasteiger partial charge in [0.1, 0.15) is 5.82 Å². The average molecular weight is 287 g/mol. The molecule has 0 aliphatic heterocycles. The molecule has 1 aromatic heterocycles. The van der Waals surface area contributed by atoms with Gasteiger partial charge in [-0.05, 0) is 23.8 Å². The molecule has 1 N–H and O–H groups in total. The van der Waals surface area contributed by atoms with Crippen LogP contribution in [0.25, 0.3) is 0 Å². The fourth-order valence-electron chi connectivity index (χ4n) is 2.26. The number of hydrogen-bond donors (Lipinski definition) is 1. The van der Waals surface area contributed by atoms with Crippen LogP contribution in [0, 0.1) is 5.82 Å². The van der Waals surface area contributed by atoms with Crippen LogP contribution in [0.5, 0.6) is 0 Å². The molecular formula is C17H22FN3. The minimum absolute atomic E-state index is 0.198. The van der Waals surface area contributed by atoms with E-state index < -0.39 is 0 Å². The third-order valence-corrected chi connectivity index (χ3v) is 3.28. The molecule has 0 saturated heterocycles. The smallest absolute Gasteiger partial charge is 0.146 e. The second-order valence-corrected chi connectivity index (χ2v) is 5.46. The predicted molar refractivity (Wildman–Crippen MR) is 84.7 cm³/mol. The predicted octanol–water partition coefficient (Wildman–Crippen LogP) is 3.36. The lowest BCUT2D eigenvalue weighted by Gasteiger charge is -2.23. The van der Waals surface area contributed by atoms with Gasteiger partial charge in [0, 0.05) is 25.8 Å². The molecule has 0 spiro atoms. The van der Waals surface area contributed by atoms with Crippen LogP contribution in [0.3, 0.4) is 0 Å². The summed E-state index contributed by atoms with van der Waals surface area (Å²) in [5.41, 5.74) is 2.52. The summed E-state index contributed by atoms with van der Waals surface area (Å²) in [5.74, 6) is -0.198. The Morgan fingerprint density at radius 2 is 2.00 bits per heavy atom. The van der Waals surface area contributed by atoms with E-state index in [9.17, 15) is 4.39 Å². The van der Waals surface area contributed by atoms with Crippen molar-refractivity contribution in [1.29, 1.82) is 0 Å². The van der Waals surface area contributed by atoms with Gasteiger partial charge >= 0.3 is 0 Å². The van der Waals surface area contributed by atoms with E-state index in [1.807, 2.05) is 36.2 Å². The molecule has 1 heterocycles. The minimum Gasteiger partial charge on any atom is -0.366 e. The first-order valence-corrected chi connectivity index (χ1v) is 7.19. The zero-order valence-electron chi connectivity index (χ0n) is 12.8. The summed E-state index contributed by atoms with van der Waals surface area (Å²) in [6, 6.07) is 11.4. The summed E-state index contributed by atoms with van der Waals surface area (Å²) in [6.07, 6.45) is 1.76. The molecule has 0 fully saturated rings. The van der Waals surface area contributed by atoms with Crippen molar-refractivity contribution in [2.75, 3.05) is 11.9 Å². The Bertz CT molecular complexity index is 570. The van der Waals surface area contributed by atoms with Crippen LogP contribution in [-0.2, 0) is 13.1 Å². The van der Waals surface area contributed by atoms with E-state index in [2.05, 4.69) is 24.1 Å². The van der Waals surface area contributed by atoms with Crippen molar-refractivity contribution in [3.8, 4) is 0 Å². The molecular weight excluding hydrogens is 265 g/mol. The monoisotopic (exact) mass is 287 g/mol. The van der Waals surface area contributed by atoms with E-state index in [1.54, 1.807) is 12.3 Å². The van der Waals surface area contributed by atoms with Crippen molar-refractivity contribution in [3.05, 3.63) is 59.7 Å². The van der Waals surface area contributed by atoms with E-state index in [4.69, 9.17) is 0 Å². The van der Waals surface area contributed by atoms with E-state index >= 15 is 0 Å². The Morgan fingerprint density at radius 1 is 1.19 bits per heavy atom. The molecule has 0 bridgehead atoms. The molecule has 1 aromatic carbocycles. The van der Waals surface area contributed by atoms with Crippen LogP contribution < -0.4 is 10.2 Å². The molecule has 2 aromatic rings. The van der Waals surface area contributed by atoms with Gasteiger partial charge in [-0.2, -0.15) is 0 Å². The third-order valence-electron chi connectivity index (χ3n) is 3.28. The molecule has 112 valence electrons. The molecule has 0 unspecified atom stereocenters. The topological polar surface area (TPSA) is 28.2 Å². The van der Waals surface area contributed by atoms with Crippen LogP contribution >= 0.6 is 0 Å². The Balaban J connectivity index is 2.20. The molecule has 4 heteroatoms. The molecule has 21 heavy (non-hydrogen) atoms. The van der Waals surface area contributed by atoms with Gasteiger partial charge < -0.3 is 10.2 Å². The molecule has 3 nitrogen and oxygen atoms in total. The number of anilines is 1. The second-order valence-electron chi connectivity index (χ2n) is 5.46. The number of rotatable bonds is 6. The highest BCUT2D eigenvalue weighted by Crippen LogP contribution is 2.24. The first-order chi connectivity index (χ1) is 10.1. The van der Waals surface area contributed by atoms with E-state index in [-0.39, 0.29) is 5.82 Å². The highest BCUT2D eigenvalue weighted by molar-refractivity contribution is 5.54. The summed E-state index contributed by atoms with van der Waals surface area (Å²) in [6.45, 7) is 5.39. The van der Waals surface area contributed by atoms with Gasteiger partial charge in [-0.25, -0.2) is 4.39 Å². The standard InChI is InChI=1S/C17H22FN3/c1-13(2)20-11-14-7-6-9-16(18)17(14)21(3)12-15-8-4-5-10-19-15/h4-10,13,20H,11-12H2,1-3H3. The minimum atomic E-state index is -0.198. The van der Waals surface area contributed by atoms with Crippen molar-refractivity contribution in [3.63, 3.8) is 0 Å². The zero-order valence-corrected chi connectivity index (χ0v) is 12.8. The van der Waals surface area contributed by atoms with Gasteiger partial charge in [0.2, 0.25) is 0 Å². The number of nitrogens with one attached hydrogen (secondary N) is 1. The van der Waals surface area contributed by atoms with Crippen molar-refractivity contribution in [1.82, 2.24) is 10.3 Å². The van der Waals surface area contributed by atoms with Crippen LogP contribution in [0.4, 0.5) is 10.1 Å². The van der Waals surface area contributed by atoms with Gasteiger partial charge in [-0.1, -0.05) is 32.0 Å². The van der Waals surface area contributed by atoms with Gasteiger partial charge in [0.05, 0.1) is 17.9 Å². The number of pyridine rings is 1. The maximum atomic E-state index is 14.2. The number of nitrogens with zero attached hydrogens (tertiary/aromatic N) is 2. The van der Waals surface area contributed by atoms with Crippen molar-refractivity contribution >= 4 is 5.69 Å². The second kappa shape index (κ2) is 7.18. The molecule has 2 rings (SSSR count). The summed E-state index contributed by atoms with van der Waals surface area (Å²) in [4.78, 5) is 6.21. The van der Waals surface area contributed by atoms with E-state index in [0.717, 1.165) is 11.3 Å². The first kappa shape index (κ1) is 15.4. The van der Waals surface area contributed by atoms with Crippen LogP contribution in [0.15, 0.2) is 42.6 Å². The lowest BCUT2D eigenvalue weighted by Crippen LogP contribution is -2.25. The van der Waals surface area contributed by atoms with Gasteiger partial charge in [0.25, 0.3) is 0 Å². The van der Waals surface area contributed by atoms with E-state index in [0.29, 0.717) is 24.8 Å². The van der Waals surface area contributed by atoms with E-state index in [1.165, 1.54) is 6.07 Å². The lowest BCUT2D eigenvalue weighted by molar-refractivity contribution is 0.579. The molecule has 0 amide bonds. The highest BCUT2D eigenvalue weighted by Gasteiger charge is 2.13. The van der Waals surface area contributed by atoms with Crippen LogP contribution in [-0.4, -0.2) is 18.1 Å². The summed E-state index contributed by atoms with van der Waals surface area (Å²) in [5, 5.41) is 3.34. The molecule has 0 aliphatic carbocycles. The number of halogens is 1. The zero-order chi connectivity index (χ0) is 15.2. The first-order valence-electron chi connectivity index (χ1n) is 7.19. The fraction of sp³-hybridized carbons (Fsp3) is 0.353. The molecule has 0 radical (unpaired) electrons. The number of para-hydroxylation sites is 1. The summed E-state index contributed by atoms with van der Waals surface area (Å²) < 4.78 is 14.2. The Kier molecular flexibility index (Phi) is 5.28. The number of benzene rings is 1. The highest BCUT2D eigenvalue weighted by atomic mass is 19.1. The maximum absolute atomic E-state index is 14.2. The normalized spacial score (nSPS) is 10.9. The van der Waals surface area contributed by atoms with Gasteiger partial charge in [-0.3, -0.25) is 4.98 Å². The van der Waals surface area contributed by atoms with Crippen LogP contribution in [0.1, 0.15) is 25.1 Å². The molecule has 0 aliphatic rings. The largest absolute Gasteiger partial charge is 0.366 e. The number of hydrogen-bond acceptors (Lipinski definition) is 3. The SMILES string of the molecule is CC(C)NCc1cccc(F)c1N(C)Cc1ccccn1.